The average molecular weight is 193 g/mol. The molecular weight excluding hydrogens is 180 g/mol. The van der Waals surface area contributed by atoms with Crippen LogP contribution >= 0.6 is 0 Å². The zero-order valence-electron chi connectivity index (χ0n) is 8.16. The Morgan fingerprint density at radius 1 is 1.64 bits per heavy atom. The Morgan fingerprint density at radius 2 is 2.29 bits per heavy atom. The molecule has 76 valence electrons. The second-order valence-electron chi connectivity index (χ2n) is 3.66. The molecule has 3 nitrogen and oxygen atoms in total. The van der Waals surface area contributed by atoms with Gasteiger partial charge in [0, 0.05) is 12.3 Å². The summed E-state index contributed by atoms with van der Waals surface area (Å²) < 4.78 is 0. The SMILES string of the molecule is C=C(C)[C@H]1CCC(=O)[C@H]1C=CC(=O)[O-]. The predicted octanol–water partition coefficient (Wildman–Crippen LogP) is 0.464. The minimum absolute atomic E-state index is 0.0931. The summed E-state index contributed by atoms with van der Waals surface area (Å²) in [5.41, 5.74) is 0.934. The number of carbonyl (C=O) groups is 2. The van der Waals surface area contributed by atoms with Gasteiger partial charge >= 0.3 is 0 Å². The molecule has 0 bridgehead atoms. The molecule has 0 N–H and O–H groups in total. The molecule has 0 aliphatic heterocycles. The van der Waals surface area contributed by atoms with Gasteiger partial charge in [-0.2, -0.15) is 0 Å². The summed E-state index contributed by atoms with van der Waals surface area (Å²) >= 11 is 0. The predicted molar refractivity (Wildman–Crippen MR) is 50.2 cm³/mol. The molecule has 1 aliphatic carbocycles. The topological polar surface area (TPSA) is 57.2 Å². The third kappa shape index (κ3) is 2.31. The molecule has 0 amide bonds. The zero-order chi connectivity index (χ0) is 10.7. The molecule has 2 atom stereocenters. The summed E-state index contributed by atoms with van der Waals surface area (Å²) in [4.78, 5) is 21.6. The van der Waals surface area contributed by atoms with E-state index in [1.54, 1.807) is 0 Å². The van der Waals surface area contributed by atoms with Gasteiger partial charge < -0.3 is 9.90 Å². The van der Waals surface area contributed by atoms with Crippen molar-refractivity contribution in [3.63, 3.8) is 0 Å². The molecule has 0 aromatic rings. The second-order valence-corrected chi connectivity index (χ2v) is 3.66. The highest BCUT2D eigenvalue weighted by molar-refractivity contribution is 5.87. The van der Waals surface area contributed by atoms with E-state index in [9.17, 15) is 14.7 Å². The number of Topliss-reactive ketones (excluding diaryl/α,β-unsaturated/α-hetero) is 1. The highest BCUT2D eigenvalue weighted by atomic mass is 16.4. The molecule has 14 heavy (non-hydrogen) atoms. The molecule has 0 saturated heterocycles. The van der Waals surface area contributed by atoms with Crippen LogP contribution in [0.5, 0.6) is 0 Å². The van der Waals surface area contributed by atoms with Crippen LogP contribution in [0.1, 0.15) is 19.8 Å². The number of carbonyl (C=O) groups excluding carboxylic acids is 2. The minimum atomic E-state index is -1.26. The van der Waals surface area contributed by atoms with Gasteiger partial charge in [0.2, 0.25) is 0 Å². The van der Waals surface area contributed by atoms with Crippen molar-refractivity contribution in [1.82, 2.24) is 0 Å². The van der Waals surface area contributed by atoms with Gasteiger partial charge in [-0.25, -0.2) is 0 Å². The van der Waals surface area contributed by atoms with Crippen LogP contribution in [0.4, 0.5) is 0 Å². The number of carboxylic acids is 1. The summed E-state index contributed by atoms with van der Waals surface area (Å²) in [5.74, 6) is -1.39. The van der Waals surface area contributed by atoms with Gasteiger partial charge in [0.15, 0.2) is 0 Å². The van der Waals surface area contributed by atoms with E-state index < -0.39 is 5.97 Å². The summed E-state index contributed by atoms with van der Waals surface area (Å²) in [6, 6.07) is 0. The lowest BCUT2D eigenvalue weighted by atomic mass is 9.90. The van der Waals surface area contributed by atoms with Crippen LogP contribution in [-0.4, -0.2) is 11.8 Å². The van der Waals surface area contributed by atoms with Gasteiger partial charge in [-0.15, -0.1) is 0 Å². The van der Waals surface area contributed by atoms with Crippen molar-refractivity contribution in [2.24, 2.45) is 11.8 Å². The van der Waals surface area contributed by atoms with Crippen molar-refractivity contribution >= 4 is 11.8 Å². The highest BCUT2D eigenvalue weighted by Gasteiger charge is 2.32. The number of hydrogen-bond donors (Lipinski definition) is 0. The van der Waals surface area contributed by atoms with Crippen molar-refractivity contribution in [2.45, 2.75) is 19.8 Å². The van der Waals surface area contributed by atoms with Crippen molar-refractivity contribution in [1.29, 1.82) is 0 Å². The van der Waals surface area contributed by atoms with Crippen molar-refractivity contribution in [3.05, 3.63) is 24.3 Å². The first-order chi connectivity index (χ1) is 6.52. The normalized spacial score (nSPS) is 27.1. The van der Waals surface area contributed by atoms with Crippen LogP contribution < -0.4 is 5.11 Å². The first-order valence-electron chi connectivity index (χ1n) is 4.59. The second kappa shape index (κ2) is 4.22. The fourth-order valence-corrected chi connectivity index (χ4v) is 1.84. The Hall–Kier alpha value is -1.38. The van der Waals surface area contributed by atoms with Gasteiger partial charge in [-0.05, 0) is 25.3 Å². The molecule has 1 aliphatic rings. The fraction of sp³-hybridized carbons (Fsp3) is 0.455. The number of aliphatic carboxylic acids is 1. The summed E-state index contributed by atoms with van der Waals surface area (Å²) in [6.07, 6.45) is 3.64. The van der Waals surface area contributed by atoms with Gasteiger partial charge in [-0.1, -0.05) is 18.2 Å². The molecule has 0 heterocycles. The van der Waals surface area contributed by atoms with E-state index >= 15 is 0 Å². The first-order valence-corrected chi connectivity index (χ1v) is 4.59. The maximum absolute atomic E-state index is 11.4. The molecule has 1 fully saturated rings. The number of rotatable bonds is 3. The molecule has 1 saturated carbocycles. The van der Waals surface area contributed by atoms with Crippen LogP contribution in [0.2, 0.25) is 0 Å². The average Bonchev–Trinajstić information content (AvgIpc) is 2.43. The van der Waals surface area contributed by atoms with Gasteiger partial charge in [0.25, 0.3) is 0 Å². The van der Waals surface area contributed by atoms with E-state index in [1.807, 2.05) is 6.92 Å². The molecule has 0 unspecified atom stereocenters. The maximum atomic E-state index is 11.4. The third-order valence-corrected chi connectivity index (χ3v) is 2.58. The molecule has 0 spiro atoms. The van der Waals surface area contributed by atoms with Crippen molar-refractivity contribution in [2.75, 3.05) is 0 Å². The largest absolute Gasteiger partial charge is 0.545 e. The van der Waals surface area contributed by atoms with Gasteiger partial charge in [0.1, 0.15) is 5.78 Å². The summed E-state index contributed by atoms with van der Waals surface area (Å²) in [6.45, 7) is 5.66. The highest BCUT2D eigenvalue weighted by Crippen LogP contribution is 2.34. The van der Waals surface area contributed by atoms with Crippen molar-refractivity contribution in [3.8, 4) is 0 Å². The lowest BCUT2D eigenvalue weighted by molar-refractivity contribution is -0.297. The van der Waals surface area contributed by atoms with Crippen LogP contribution in [-0.2, 0) is 9.59 Å². The maximum Gasteiger partial charge on any atom is 0.140 e. The van der Waals surface area contributed by atoms with Crippen LogP contribution in [0.15, 0.2) is 24.3 Å². The Balaban J connectivity index is 2.77. The van der Waals surface area contributed by atoms with Gasteiger partial charge in [-0.3, -0.25) is 4.79 Å². The van der Waals surface area contributed by atoms with E-state index in [-0.39, 0.29) is 17.6 Å². The fourth-order valence-electron chi connectivity index (χ4n) is 1.84. The van der Waals surface area contributed by atoms with Crippen molar-refractivity contribution < 1.29 is 14.7 Å². The Kier molecular flexibility index (Phi) is 3.23. The Labute approximate surface area is 83.1 Å². The summed E-state index contributed by atoms with van der Waals surface area (Å²) in [7, 11) is 0. The number of allylic oxidation sites excluding steroid dienone is 2. The zero-order valence-corrected chi connectivity index (χ0v) is 8.16. The van der Waals surface area contributed by atoms with E-state index in [0.717, 1.165) is 18.1 Å². The smallest absolute Gasteiger partial charge is 0.140 e. The summed E-state index contributed by atoms with van der Waals surface area (Å²) in [5, 5.41) is 10.2. The standard InChI is InChI=1S/C11H14O3/c1-7(2)8-3-5-10(12)9(8)4-6-11(13)14/h4,6,8-9H,1,3,5H2,2H3,(H,13,14)/p-1/t8-,9+/m1/s1. The van der Waals surface area contributed by atoms with E-state index in [1.165, 1.54) is 6.08 Å². The van der Waals surface area contributed by atoms with Crippen LogP contribution in [0.25, 0.3) is 0 Å². The monoisotopic (exact) mass is 193 g/mol. The van der Waals surface area contributed by atoms with E-state index in [0.29, 0.717) is 6.42 Å². The van der Waals surface area contributed by atoms with Crippen LogP contribution in [0, 0.1) is 11.8 Å². The number of ketones is 1. The quantitative estimate of drug-likeness (QED) is 0.483. The Bertz CT molecular complexity index is 302. The molecular formula is C11H13O3-. The number of hydrogen-bond acceptors (Lipinski definition) is 3. The van der Waals surface area contributed by atoms with Gasteiger partial charge in [0.05, 0.1) is 5.97 Å². The van der Waals surface area contributed by atoms with Crippen LogP contribution in [0.3, 0.4) is 0 Å². The minimum Gasteiger partial charge on any atom is -0.545 e. The Morgan fingerprint density at radius 3 is 2.79 bits per heavy atom. The molecule has 0 radical (unpaired) electrons. The number of carboxylic acid groups (broad SMARTS) is 1. The van der Waals surface area contributed by atoms with E-state index in [4.69, 9.17) is 0 Å². The lowest BCUT2D eigenvalue weighted by Gasteiger charge is -2.14. The molecule has 3 heteroatoms. The first kappa shape index (κ1) is 10.7. The lowest BCUT2D eigenvalue weighted by Crippen LogP contribution is -2.20. The third-order valence-electron chi connectivity index (χ3n) is 2.58. The molecule has 1 rings (SSSR count). The molecule has 0 aromatic heterocycles. The van der Waals surface area contributed by atoms with E-state index in [2.05, 4.69) is 6.58 Å². The molecule has 0 aromatic carbocycles.